The quantitative estimate of drug-likeness (QED) is 0.414. The van der Waals surface area contributed by atoms with Gasteiger partial charge in [-0.2, -0.15) is 0 Å². The molecule has 0 N–H and O–H groups in total. The second-order valence-electron chi connectivity index (χ2n) is 0. The van der Waals surface area contributed by atoms with Crippen molar-refractivity contribution in [1.29, 1.82) is 0 Å². The van der Waals surface area contributed by atoms with E-state index in [9.17, 15) is 0 Å². The molecule has 26 valence electrons. The molecule has 2 radical (unpaired) electrons. The average molecular weight is 456 g/mol. The first-order valence-corrected chi connectivity index (χ1v) is 3.52. The van der Waals surface area contributed by atoms with Gasteiger partial charge >= 0.3 is 55.0 Å². The fourth-order valence-corrected chi connectivity index (χ4v) is 0. The maximum absolute atomic E-state index is 3.26. The molecule has 0 aliphatic heterocycles. The van der Waals surface area contributed by atoms with E-state index in [4.69, 9.17) is 0 Å². The van der Waals surface area contributed by atoms with Gasteiger partial charge in [0.15, 0.2) is 0 Å². The van der Waals surface area contributed by atoms with Crippen LogP contribution in [0.25, 0.3) is 0 Å². The summed E-state index contributed by atoms with van der Waals surface area (Å²) in [5.74, 6) is 0. The largest absolute Gasteiger partial charge is 0 e. The van der Waals surface area contributed by atoms with Gasteiger partial charge in [-0.05, 0) is 0 Å². The maximum Gasteiger partial charge on any atom is 0 e. The Kier molecular flexibility index (Phi) is 68.7. The van der Waals surface area contributed by atoms with E-state index in [0.717, 1.165) is 0 Å². The van der Waals surface area contributed by atoms with Crippen LogP contribution in [0.15, 0.2) is 0 Å². The van der Waals surface area contributed by atoms with Gasteiger partial charge in [0.25, 0.3) is 0 Å². The minimum absolute atomic E-state index is 0. The van der Waals surface area contributed by atoms with Crippen molar-refractivity contribution in [2.75, 3.05) is 0 Å². The van der Waals surface area contributed by atoms with Crippen LogP contribution in [0.4, 0.5) is 0 Å². The molecule has 0 aromatic rings. The number of rotatable bonds is 0. The normalized spacial score (nSPS) is 1.25. The van der Waals surface area contributed by atoms with Gasteiger partial charge < -0.3 is 0 Å². The summed E-state index contributed by atoms with van der Waals surface area (Å²) in [7, 11) is 0. The van der Waals surface area contributed by atoms with E-state index in [2.05, 4.69) is 13.4 Å². The predicted molar refractivity (Wildman–Crippen MR) is 8.54 cm³/mol. The molecule has 0 rings (SSSR count). The van der Waals surface area contributed by atoms with E-state index >= 15 is 0 Å². The Morgan fingerprint density at radius 1 is 1.25 bits per heavy atom. The van der Waals surface area contributed by atoms with Crippen molar-refractivity contribution in [1.82, 2.24) is 0 Å². The zero-order valence-electron chi connectivity index (χ0n) is 1.88. The van der Waals surface area contributed by atoms with Gasteiger partial charge in [0.1, 0.15) is 0 Å². The zero-order chi connectivity index (χ0) is 2.00. The van der Waals surface area contributed by atoms with Crippen LogP contribution in [-0.4, -0.2) is 23.9 Å². The summed E-state index contributed by atoms with van der Waals surface area (Å²) in [6.45, 7) is 0. The molecule has 0 atom stereocenters. The molecule has 0 aliphatic rings. The molecule has 0 aromatic carbocycles. The number of hydrogen-bond donors (Lipinski definition) is 0. The van der Waals surface area contributed by atoms with Crippen molar-refractivity contribution in [3.8, 4) is 0 Å². The first-order chi connectivity index (χ1) is 1.00. The molecule has 0 aromatic heterocycles. The first kappa shape index (κ1) is 15.9. The Balaban J connectivity index is -0.00000000500. The topological polar surface area (TPSA) is 0 Å². The molecule has 0 fully saturated rings. The molecule has 0 amide bonds. The van der Waals surface area contributed by atoms with Gasteiger partial charge in [-0.15, -0.1) is 0 Å². The third-order valence-corrected chi connectivity index (χ3v) is 0. The van der Waals surface area contributed by atoms with Crippen LogP contribution in [-0.2, 0) is 52.2 Å². The van der Waals surface area contributed by atoms with Gasteiger partial charge in [0.2, 0.25) is 0 Å². The van der Waals surface area contributed by atoms with Gasteiger partial charge in [-0.1, -0.05) is 0 Å². The average Bonchev–Trinajstić information content (AvgIpc) is 1.00. The van der Waals surface area contributed by atoms with Crippen LogP contribution in [0.3, 0.4) is 0 Å². The van der Waals surface area contributed by atoms with E-state index in [0.29, 0.717) is 0 Å². The summed E-state index contributed by atoms with van der Waals surface area (Å²) in [6, 6.07) is 0. The third-order valence-electron chi connectivity index (χ3n) is 0. The fourth-order valence-electron chi connectivity index (χ4n) is 0. The molecular formula is H2FeMoSnW. The van der Waals surface area contributed by atoms with Gasteiger partial charge in [0, 0.05) is 21.1 Å². The maximum atomic E-state index is 3.26. The SMILES string of the molecule is [Fe][Mo].[SnH2].[W]. The Labute approximate surface area is 74.8 Å². The molecule has 0 unspecified atom stereocenters. The van der Waals surface area contributed by atoms with Gasteiger partial charge in [-0.25, -0.2) is 0 Å². The summed E-state index contributed by atoms with van der Waals surface area (Å²) in [5, 5.41) is 0. The van der Waals surface area contributed by atoms with E-state index in [1.165, 1.54) is 0 Å². The molecule has 0 saturated heterocycles. The smallest absolute Gasteiger partial charge is 0 e. The first-order valence-electron chi connectivity index (χ1n) is 0.144. The second kappa shape index (κ2) is 17.3. The fraction of sp³-hybridized carbons (Fsp3) is 0. The molecule has 0 heterocycles. The number of hydrogen-bond acceptors (Lipinski definition) is 0. The molecule has 0 nitrogen and oxygen atoms in total. The van der Waals surface area contributed by atoms with Crippen LogP contribution in [0, 0.1) is 0 Å². The molecule has 0 saturated carbocycles. The standard InChI is InChI=1S/Fe.Mo.Sn.W.2H. The zero-order valence-corrected chi connectivity index (χ0v) is 12.0. The Hall–Kier alpha value is 2.69. The van der Waals surface area contributed by atoms with Gasteiger partial charge in [0.05, 0.1) is 0 Å². The summed E-state index contributed by atoms with van der Waals surface area (Å²) >= 11 is 4.96. The van der Waals surface area contributed by atoms with E-state index in [1.807, 2.05) is 0 Å². The predicted octanol–water partition coefficient (Wildman–Crippen LogP) is -0.924. The molecule has 4 heavy (non-hydrogen) atoms. The van der Waals surface area contributed by atoms with E-state index < -0.39 is 0 Å². The van der Waals surface area contributed by atoms with Crippen molar-refractivity contribution in [2.24, 2.45) is 0 Å². The summed E-state index contributed by atoms with van der Waals surface area (Å²) in [5.41, 5.74) is 0. The van der Waals surface area contributed by atoms with Crippen LogP contribution < -0.4 is 0 Å². The van der Waals surface area contributed by atoms with Crippen molar-refractivity contribution >= 4 is 23.9 Å². The van der Waals surface area contributed by atoms with Gasteiger partial charge in [-0.3, -0.25) is 0 Å². The van der Waals surface area contributed by atoms with Crippen molar-refractivity contribution in [3.63, 3.8) is 0 Å². The van der Waals surface area contributed by atoms with Crippen LogP contribution in [0.5, 0.6) is 0 Å². The Morgan fingerprint density at radius 3 is 1.25 bits per heavy atom. The third kappa shape index (κ3) is 8.83. The molecule has 0 aliphatic carbocycles. The van der Waals surface area contributed by atoms with Crippen molar-refractivity contribution < 1.29 is 52.2 Å². The summed E-state index contributed by atoms with van der Waals surface area (Å²) in [6.07, 6.45) is 0. The van der Waals surface area contributed by atoms with Crippen molar-refractivity contribution in [2.45, 2.75) is 0 Å². The van der Waals surface area contributed by atoms with E-state index in [-0.39, 0.29) is 45.0 Å². The summed E-state index contributed by atoms with van der Waals surface area (Å²) < 4.78 is 0. The minimum atomic E-state index is 0. The monoisotopic (exact) mass is 460 g/mol. The van der Waals surface area contributed by atoms with Crippen LogP contribution >= 0.6 is 0 Å². The molecule has 4 heteroatoms. The van der Waals surface area contributed by atoms with Crippen LogP contribution in [0.1, 0.15) is 0 Å². The minimum Gasteiger partial charge on any atom is 0 e. The molecule has 0 bridgehead atoms. The Morgan fingerprint density at radius 2 is 1.25 bits per heavy atom. The summed E-state index contributed by atoms with van der Waals surface area (Å²) in [4.78, 5) is 0. The van der Waals surface area contributed by atoms with Crippen molar-refractivity contribution in [3.05, 3.63) is 0 Å². The van der Waals surface area contributed by atoms with Crippen LogP contribution in [0.2, 0.25) is 0 Å². The Bertz CT molecular complexity index is 8.00. The second-order valence-corrected chi connectivity index (χ2v) is 0. The molecule has 0 spiro atoms. The molecular weight excluding hydrogens is 454 g/mol. The van der Waals surface area contributed by atoms with E-state index in [1.54, 1.807) is 17.7 Å².